The number of benzene rings is 1. The van der Waals surface area contributed by atoms with Gasteiger partial charge in [-0.25, -0.2) is 0 Å². The van der Waals surface area contributed by atoms with Gasteiger partial charge in [0.2, 0.25) is 0 Å². The van der Waals surface area contributed by atoms with Gasteiger partial charge in [-0.1, -0.05) is 17.7 Å². The molecule has 0 amide bonds. The Hall–Kier alpha value is -1.17. The molecule has 0 aliphatic carbocycles. The summed E-state index contributed by atoms with van der Waals surface area (Å²) in [6.45, 7) is 4.95. The molecule has 0 N–H and O–H groups in total. The van der Waals surface area contributed by atoms with Crippen molar-refractivity contribution in [3.63, 3.8) is 0 Å². The number of rotatable bonds is 3. The number of hydrogen-bond acceptors (Lipinski definition) is 4. The monoisotopic (exact) mass is 269 g/mol. The minimum Gasteiger partial charge on any atom is -0.304 e. The molecule has 98 valence electrons. The van der Waals surface area contributed by atoms with Crippen LogP contribution in [-0.4, -0.2) is 47.9 Å². The molecular formula is C12H16ClN3O2. The quantitative estimate of drug-likeness (QED) is 0.622. The average Bonchev–Trinajstić information content (AvgIpc) is 2.32. The van der Waals surface area contributed by atoms with E-state index in [2.05, 4.69) is 16.8 Å². The van der Waals surface area contributed by atoms with E-state index in [-0.39, 0.29) is 10.7 Å². The number of hydrogen-bond donors (Lipinski definition) is 0. The van der Waals surface area contributed by atoms with E-state index in [1.54, 1.807) is 12.1 Å². The van der Waals surface area contributed by atoms with Crippen LogP contribution in [0.5, 0.6) is 0 Å². The van der Waals surface area contributed by atoms with E-state index in [1.807, 2.05) is 0 Å². The van der Waals surface area contributed by atoms with E-state index in [9.17, 15) is 10.1 Å². The van der Waals surface area contributed by atoms with Crippen molar-refractivity contribution in [2.75, 3.05) is 33.2 Å². The fourth-order valence-electron chi connectivity index (χ4n) is 2.06. The molecule has 18 heavy (non-hydrogen) atoms. The Bertz CT molecular complexity index is 445. The van der Waals surface area contributed by atoms with Crippen molar-refractivity contribution in [3.05, 3.63) is 38.9 Å². The molecule has 0 saturated carbocycles. The van der Waals surface area contributed by atoms with Crippen LogP contribution in [0, 0.1) is 10.1 Å². The maximum absolute atomic E-state index is 10.7. The average molecular weight is 270 g/mol. The minimum absolute atomic E-state index is 0.0289. The van der Waals surface area contributed by atoms with Crippen LogP contribution in [0.25, 0.3) is 0 Å². The summed E-state index contributed by atoms with van der Waals surface area (Å²) >= 11 is 5.90. The predicted octanol–water partition coefficient (Wildman–Crippen LogP) is 2.00. The second-order valence-electron chi connectivity index (χ2n) is 4.62. The Labute approximate surface area is 111 Å². The van der Waals surface area contributed by atoms with E-state index in [0.29, 0.717) is 0 Å². The zero-order valence-corrected chi connectivity index (χ0v) is 11.1. The first-order chi connectivity index (χ1) is 8.56. The highest BCUT2D eigenvalue weighted by molar-refractivity contribution is 6.32. The molecule has 1 aromatic rings. The lowest BCUT2D eigenvalue weighted by Gasteiger charge is -2.32. The van der Waals surface area contributed by atoms with Crippen molar-refractivity contribution in [1.29, 1.82) is 0 Å². The number of halogens is 1. The van der Waals surface area contributed by atoms with Crippen LogP contribution in [-0.2, 0) is 6.54 Å². The molecule has 6 heteroatoms. The summed E-state index contributed by atoms with van der Waals surface area (Å²) in [5.41, 5.74) is 0.994. The molecule has 1 aromatic carbocycles. The van der Waals surface area contributed by atoms with E-state index >= 15 is 0 Å². The van der Waals surface area contributed by atoms with Crippen LogP contribution in [0.2, 0.25) is 5.02 Å². The van der Waals surface area contributed by atoms with E-state index in [4.69, 9.17) is 11.6 Å². The Morgan fingerprint density at radius 3 is 2.56 bits per heavy atom. The highest BCUT2D eigenvalue weighted by Crippen LogP contribution is 2.25. The van der Waals surface area contributed by atoms with Gasteiger partial charge in [-0.3, -0.25) is 15.0 Å². The standard InChI is InChI=1S/C12H16ClN3O2/c1-14-4-6-15(7-5-14)9-10-2-3-12(16(17)18)11(13)8-10/h2-3,8H,4-7,9H2,1H3. The highest BCUT2D eigenvalue weighted by atomic mass is 35.5. The molecule has 1 fully saturated rings. The van der Waals surface area contributed by atoms with Crippen LogP contribution in [0.1, 0.15) is 5.56 Å². The van der Waals surface area contributed by atoms with Gasteiger partial charge in [-0.05, 0) is 18.7 Å². The first kappa shape index (κ1) is 13.3. The summed E-state index contributed by atoms with van der Waals surface area (Å²) in [6.07, 6.45) is 0. The third kappa shape index (κ3) is 3.19. The third-order valence-electron chi connectivity index (χ3n) is 3.21. The molecule has 1 saturated heterocycles. The van der Waals surface area contributed by atoms with Gasteiger partial charge in [-0.15, -0.1) is 0 Å². The maximum atomic E-state index is 10.7. The largest absolute Gasteiger partial charge is 0.304 e. The van der Waals surface area contributed by atoms with Crippen molar-refractivity contribution < 1.29 is 4.92 Å². The topological polar surface area (TPSA) is 49.6 Å². The lowest BCUT2D eigenvalue weighted by Crippen LogP contribution is -2.43. The maximum Gasteiger partial charge on any atom is 0.287 e. The second-order valence-corrected chi connectivity index (χ2v) is 5.03. The molecule has 1 heterocycles. The molecule has 0 unspecified atom stereocenters. The van der Waals surface area contributed by atoms with Gasteiger partial charge >= 0.3 is 0 Å². The molecule has 5 nitrogen and oxygen atoms in total. The van der Waals surface area contributed by atoms with Crippen LogP contribution in [0.4, 0.5) is 5.69 Å². The molecule has 1 aliphatic heterocycles. The number of piperazine rings is 1. The highest BCUT2D eigenvalue weighted by Gasteiger charge is 2.16. The molecule has 1 aliphatic rings. The first-order valence-electron chi connectivity index (χ1n) is 5.90. The van der Waals surface area contributed by atoms with Crippen molar-refractivity contribution >= 4 is 17.3 Å². The van der Waals surface area contributed by atoms with Gasteiger partial charge in [-0.2, -0.15) is 0 Å². The summed E-state index contributed by atoms with van der Waals surface area (Å²) in [4.78, 5) is 14.8. The van der Waals surface area contributed by atoms with Crippen LogP contribution in [0.15, 0.2) is 18.2 Å². The van der Waals surface area contributed by atoms with Crippen molar-refractivity contribution in [2.45, 2.75) is 6.54 Å². The van der Waals surface area contributed by atoms with Crippen LogP contribution < -0.4 is 0 Å². The van der Waals surface area contributed by atoms with Gasteiger partial charge in [0.1, 0.15) is 5.02 Å². The molecule has 2 rings (SSSR count). The van der Waals surface area contributed by atoms with Gasteiger partial charge in [0, 0.05) is 38.8 Å². The van der Waals surface area contributed by atoms with Gasteiger partial charge in [0.15, 0.2) is 0 Å². The molecule has 0 radical (unpaired) electrons. The van der Waals surface area contributed by atoms with Gasteiger partial charge < -0.3 is 4.90 Å². The number of nitro groups is 1. The Balaban J connectivity index is 2.02. The SMILES string of the molecule is CN1CCN(Cc2ccc([N+](=O)[O-])c(Cl)c2)CC1. The van der Waals surface area contributed by atoms with Gasteiger partial charge in [0.25, 0.3) is 5.69 Å². The Morgan fingerprint density at radius 1 is 1.33 bits per heavy atom. The molecule has 0 atom stereocenters. The smallest absolute Gasteiger partial charge is 0.287 e. The van der Waals surface area contributed by atoms with Crippen molar-refractivity contribution in [3.8, 4) is 0 Å². The second kappa shape index (κ2) is 5.65. The number of nitro benzene ring substituents is 1. The fourth-order valence-corrected chi connectivity index (χ4v) is 2.33. The summed E-state index contributed by atoms with van der Waals surface area (Å²) < 4.78 is 0. The summed E-state index contributed by atoms with van der Waals surface area (Å²) in [7, 11) is 2.11. The zero-order valence-electron chi connectivity index (χ0n) is 10.3. The summed E-state index contributed by atoms with van der Waals surface area (Å²) in [6, 6.07) is 4.95. The fraction of sp³-hybridized carbons (Fsp3) is 0.500. The summed E-state index contributed by atoms with van der Waals surface area (Å²) in [5.74, 6) is 0. The molecular weight excluding hydrogens is 254 g/mol. The van der Waals surface area contributed by atoms with Crippen molar-refractivity contribution in [1.82, 2.24) is 9.80 Å². The van der Waals surface area contributed by atoms with Crippen LogP contribution in [0.3, 0.4) is 0 Å². The van der Waals surface area contributed by atoms with E-state index < -0.39 is 4.92 Å². The zero-order chi connectivity index (χ0) is 13.1. The first-order valence-corrected chi connectivity index (χ1v) is 6.28. The third-order valence-corrected chi connectivity index (χ3v) is 3.51. The predicted molar refractivity (Wildman–Crippen MR) is 70.9 cm³/mol. The lowest BCUT2D eigenvalue weighted by molar-refractivity contribution is -0.384. The molecule has 0 aromatic heterocycles. The Kier molecular flexibility index (Phi) is 4.16. The van der Waals surface area contributed by atoms with E-state index in [1.165, 1.54) is 6.07 Å². The van der Waals surface area contributed by atoms with Crippen molar-refractivity contribution in [2.24, 2.45) is 0 Å². The lowest BCUT2D eigenvalue weighted by atomic mass is 10.2. The van der Waals surface area contributed by atoms with Gasteiger partial charge in [0.05, 0.1) is 4.92 Å². The number of likely N-dealkylation sites (N-methyl/N-ethyl adjacent to an activating group) is 1. The number of nitrogens with zero attached hydrogens (tertiary/aromatic N) is 3. The Morgan fingerprint density at radius 2 is 2.00 bits per heavy atom. The normalized spacial score (nSPS) is 17.9. The minimum atomic E-state index is -0.456. The van der Waals surface area contributed by atoms with E-state index in [0.717, 1.165) is 38.3 Å². The molecule has 0 spiro atoms. The molecule has 0 bridgehead atoms. The van der Waals surface area contributed by atoms with Crippen LogP contribution >= 0.6 is 11.6 Å². The summed E-state index contributed by atoms with van der Waals surface area (Å²) in [5, 5.41) is 10.9.